The Morgan fingerprint density at radius 2 is 2.18 bits per heavy atom. The summed E-state index contributed by atoms with van der Waals surface area (Å²) in [5.74, 6) is 0.549. The van der Waals surface area contributed by atoms with E-state index >= 15 is 0 Å². The molecule has 0 bridgehead atoms. The highest BCUT2D eigenvalue weighted by Crippen LogP contribution is 2.08. The molecule has 4 heteroatoms. The monoisotopic (exact) mass is 171 g/mol. The maximum absolute atomic E-state index is 9.70. The lowest BCUT2D eigenvalue weighted by atomic mass is 10.6. The van der Waals surface area contributed by atoms with Crippen molar-refractivity contribution in [1.82, 2.24) is 0 Å². The molecule has 0 aromatic rings. The van der Waals surface area contributed by atoms with Crippen molar-refractivity contribution in [2.24, 2.45) is 4.99 Å². The molecule has 0 atom stereocenters. The van der Waals surface area contributed by atoms with E-state index in [4.69, 9.17) is 4.43 Å². The normalized spacial score (nSPS) is 10.1. The Hall–Kier alpha value is -0.863. The second-order valence-corrected chi connectivity index (χ2v) is 7.59. The van der Waals surface area contributed by atoms with E-state index in [9.17, 15) is 4.79 Å². The van der Waals surface area contributed by atoms with Crippen LogP contribution in [0.25, 0.3) is 0 Å². The molecule has 0 aliphatic carbocycles. The average Bonchev–Trinajstić information content (AvgIpc) is 1.79. The van der Waals surface area contributed by atoms with Crippen LogP contribution in [-0.2, 0) is 9.22 Å². The van der Waals surface area contributed by atoms with Crippen molar-refractivity contribution in [3.8, 4) is 0 Å². The van der Waals surface area contributed by atoms with Gasteiger partial charge < -0.3 is 4.43 Å². The molecule has 0 radical (unpaired) electrons. The summed E-state index contributed by atoms with van der Waals surface area (Å²) in [7, 11) is -1.56. The van der Waals surface area contributed by atoms with E-state index in [0.717, 1.165) is 0 Å². The minimum atomic E-state index is -1.56. The lowest BCUT2D eigenvalue weighted by molar-refractivity contribution is 0.417. The van der Waals surface area contributed by atoms with E-state index in [-0.39, 0.29) is 6.54 Å². The first kappa shape index (κ1) is 10.1. The number of aliphatic imine (C=N–C) groups is 1. The summed E-state index contributed by atoms with van der Waals surface area (Å²) in [5.41, 5.74) is 0. The number of rotatable bonds is 4. The van der Waals surface area contributed by atoms with Crippen LogP contribution >= 0.6 is 0 Å². The van der Waals surface area contributed by atoms with Gasteiger partial charge in [0.1, 0.15) is 6.54 Å². The molecule has 3 nitrogen and oxygen atoms in total. The molecular formula is C7H13NO2Si. The van der Waals surface area contributed by atoms with Gasteiger partial charge in [0.05, 0.1) is 5.76 Å². The molecule has 0 saturated heterocycles. The fourth-order valence-electron chi connectivity index (χ4n) is 0.586. The molecule has 0 aliphatic heterocycles. The van der Waals surface area contributed by atoms with Gasteiger partial charge in [0.2, 0.25) is 14.4 Å². The van der Waals surface area contributed by atoms with Gasteiger partial charge in [0.25, 0.3) is 0 Å². The Morgan fingerprint density at radius 1 is 1.64 bits per heavy atom. The van der Waals surface area contributed by atoms with Gasteiger partial charge in [-0.2, -0.15) is 4.99 Å². The topological polar surface area (TPSA) is 38.7 Å². The van der Waals surface area contributed by atoms with Gasteiger partial charge >= 0.3 is 0 Å². The second-order valence-electron chi connectivity index (χ2n) is 3.16. The lowest BCUT2D eigenvalue weighted by Crippen LogP contribution is -2.25. The van der Waals surface area contributed by atoms with Crippen LogP contribution in [-0.4, -0.2) is 20.9 Å². The third-order valence-electron chi connectivity index (χ3n) is 0.770. The predicted octanol–water partition coefficient (Wildman–Crippen LogP) is 1.69. The van der Waals surface area contributed by atoms with Crippen molar-refractivity contribution in [2.45, 2.75) is 19.6 Å². The summed E-state index contributed by atoms with van der Waals surface area (Å²) in [4.78, 5) is 13.0. The molecule has 0 aliphatic rings. The summed E-state index contributed by atoms with van der Waals surface area (Å²) in [6.45, 7) is 9.98. The number of hydrogen-bond donors (Lipinski definition) is 0. The van der Waals surface area contributed by atoms with Crippen molar-refractivity contribution in [1.29, 1.82) is 0 Å². The predicted molar refractivity (Wildman–Crippen MR) is 46.6 cm³/mol. The number of hydrogen-bond acceptors (Lipinski definition) is 3. The minimum Gasteiger partial charge on any atom is -0.546 e. The molecule has 0 amide bonds. The zero-order chi connectivity index (χ0) is 8.91. The molecule has 0 aromatic carbocycles. The van der Waals surface area contributed by atoms with Gasteiger partial charge in [-0.3, -0.25) is 0 Å². The molecule has 0 fully saturated rings. The second kappa shape index (κ2) is 4.11. The van der Waals surface area contributed by atoms with Crippen LogP contribution in [0.1, 0.15) is 0 Å². The Kier molecular flexibility index (Phi) is 3.78. The first-order valence-corrected chi connectivity index (χ1v) is 6.77. The Bertz CT molecular complexity index is 189. The third-order valence-corrected chi connectivity index (χ3v) is 1.67. The molecule has 11 heavy (non-hydrogen) atoms. The highest BCUT2D eigenvalue weighted by atomic mass is 28.4. The lowest BCUT2D eigenvalue weighted by Gasteiger charge is -2.19. The molecule has 0 aromatic heterocycles. The maximum Gasteiger partial charge on any atom is 0.241 e. The minimum absolute atomic E-state index is 0.230. The first-order chi connectivity index (χ1) is 4.95. The van der Waals surface area contributed by atoms with Crippen LogP contribution in [0.2, 0.25) is 19.6 Å². The van der Waals surface area contributed by atoms with Crippen molar-refractivity contribution < 1.29 is 9.22 Å². The molecular weight excluding hydrogens is 158 g/mol. The number of isocyanates is 1. The van der Waals surface area contributed by atoms with Crippen molar-refractivity contribution in [3.63, 3.8) is 0 Å². The number of carbonyl (C=O) groups excluding carboxylic acids is 1. The quantitative estimate of drug-likeness (QED) is 0.279. The van der Waals surface area contributed by atoms with Gasteiger partial charge in [-0.05, 0) is 19.6 Å². The number of nitrogens with zero attached hydrogens (tertiary/aromatic N) is 1. The summed E-state index contributed by atoms with van der Waals surface area (Å²) in [5, 5.41) is 0. The Balaban J connectivity index is 3.79. The first-order valence-electron chi connectivity index (χ1n) is 3.36. The molecule has 0 unspecified atom stereocenters. The summed E-state index contributed by atoms with van der Waals surface area (Å²) in [6, 6.07) is 0. The zero-order valence-corrected chi connectivity index (χ0v) is 8.18. The fraction of sp³-hybridized carbons (Fsp3) is 0.571. The molecule has 0 saturated carbocycles. The van der Waals surface area contributed by atoms with Crippen LogP contribution in [0.4, 0.5) is 0 Å². The molecule has 0 spiro atoms. The van der Waals surface area contributed by atoms with E-state index < -0.39 is 8.32 Å². The van der Waals surface area contributed by atoms with Crippen molar-refractivity contribution in [3.05, 3.63) is 12.3 Å². The van der Waals surface area contributed by atoms with Crippen LogP contribution in [0.5, 0.6) is 0 Å². The zero-order valence-electron chi connectivity index (χ0n) is 7.18. The van der Waals surface area contributed by atoms with Gasteiger partial charge in [0.15, 0.2) is 0 Å². The highest BCUT2D eigenvalue weighted by Gasteiger charge is 2.16. The summed E-state index contributed by atoms with van der Waals surface area (Å²) < 4.78 is 5.41. The van der Waals surface area contributed by atoms with Crippen molar-refractivity contribution >= 4 is 14.4 Å². The smallest absolute Gasteiger partial charge is 0.241 e. The summed E-state index contributed by atoms with van der Waals surface area (Å²) in [6.07, 6.45) is 1.43. The van der Waals surface area contributed by atoms with E-state index in [2.05, 4.69) is 11.6 Å². The van der Waals surface area contributed by atoms with Gasteiger partial charge in [-0.15, -0.1) is 0 Å². The maximum atomic E-state index is 9.70. The third kappa shape index (κ3) is 7.03. The van der Waals surface area contributed by atoms with E-state index in [1.165, 1.54) is 6.08 Å². The van der Waals surface area contributed by atoms with Crippen LogP contribution in [0.15, 0.2) is 17.3 Å². The molecule has 0 rings (SSSR count). The van der Waals surface area contributed by atoms with Crippen molar-refractivity contribution in [2.75, 3.05) is 6.54 Å². The van der Waals surface area contributed by atoms with Gasteiger partial charge in [0, 0.05) is 0 Å². The average molecular weight is 171 g/mol. The van der Waals surface area contributed by atoms with Crippen LogP contribution < -0.4 is 0 Å². The standard InChI is InChI=1S/C7H13NO2Si/c1-7(5-8-6-9)10-11(2,3)4/h1,5H2,2-4H3. The fourth-order valence-corrected chi connectivity index (χ4v) is 1.52. The molecule has 62 valence electrons. The summed E-state index contributed by atoms with van der Waals surface area (Å²) >= 11 is 0. The van der Waals surface area contributed by atoms with E-state index in [1.807, 2.05) is 19.6 Å². The van der Waals surface area contributed by atoms with Gasteiger partial charge in [-0.1, -0.05) is 6.58 Å². The van der Waals surface area contributed by atoms with Crippen LogP contribution in [0, 0.1) is 0 Å². The van der Waals surface area contributed by atoms with E-state index in [1.54, 1.807) is 0 Å². The van der Waals surface area contributed by atoms with E-state index in [0.29, 0.717) is 5.76 Å². The highest BCUT2D eigenvalue weighted by molar-refractivity contribution is 6.70. The van der Waals surface area contributed by atoms with Crippen LogP contribution in [0.3, 0.4) is 0 Å². The molecule has 0 N–H and O–H groups in total. The largest absolute Gasteiger partial charge is 0.546 e. The molecule has 0 heterocycles. The van der Waals surface area contributed by atoms with Gasteiger partial charge in [-0.25, -0.2) is 4.79 Å². The Labute approximate surface area is 67.9 Å². The SMILES string of the molecule is C=C(CN=C=O)O[Si](C)(C)C. The Morgan fingerprint density at radius 3 is 2.55 bits per heavy atom.